The lowest BCUT2D eigenvalue weighted by atomic mass is 10.1. The fourth-order valence-corrected chi connectivity index (χ4v) is 3.00. The largest absolute Gasteiger partial charge is 0.322 e. The Labute approximate surface area is 135 Å². The molecule has 0 aliphatic rings. The van der Waals surface area contributed by atoms with Gasteiger partial charge in [0.1, 0.15) is 0 Å². The summed E-state index contributed by atoms with van der Waals surface area (Å²) in [5.41, 5.74) is 2.81. The molecule has 22 heavy (non-hydrogen) atoms. The first-order chi connectivity index (χ1) is 10.2. The first-order valence-corrected chi connectivity index (χ1v) is 8.83. The number of anilines is 1. The van der Waals surface area contributed by atoms with Crippen LogP contribution in [-0.4, -0.2) is 20.6 Å². The molecule has 4 nitrogen and oxygen atoms in total. The molecule has 2 aromatic rings. The van der Waals surface area contributed by atoms with Crippen LogP contribution in [0.25, 0.3) is 0 Å². The molecular weight excluding hydrogens is 322 g/mol. The van der Waals surface area contributed by atoms with E-state index in [1.54, 1.807) is 0 Å². The molecule has 0 aromatic heterocycles. The number of halogens is 1. The Hall–Kier alpha value is -1.85. The summed E-state index contributed by atoms with van der Waals surface area (Å²) in [6.45, 7) is 3.86. The molecule has 2 aromatic carbocycles. The molecule has 1 amide bonds. The summed E-state index contributed by atoms with van der Waals surface area (Å²) in [5, 5.41) is 2.94. The summed E-state index contributed by atoms with van der Waals surface area (Å²) in [4.78, 5) is 12.4. The van der Waals surface area contributed by atoms with Crippen molar-refractivity contribution < 1.29 is 13.2 Å². The minimum absolute atomic E-state index is 0.0578. The van der Waals surface area contributed by atoms with Gasteiger partial charge in [0, 0.05) is 11.9 Å². The third kappa shape index (κ3) is 3.87. The fraction of sp³-hybridized carbons (Fsp3) is 0.188. The highest BCUT2D eigenvalue weighted by molar-refractivity contribution is 7.90. The van der Waals surface area contributed by atoms with Crippen LogP contribution in [-0.2, 0) is 9.84 Å². The summed E-state index contributed by atoms with van der Waals surface area (Å²) in [5.74, 6) is -0.444. The number of carbonyl (C=O) groups excluding carboxylic acids is 1. The van der Waals surface area contributed by atoms with Crippen LogP contribution < -0.4 is 5.32 Å². The molecule has 0 saturated carbocycles. The number of sulfone groups is 1. The average molecular weight is 338 g/mol. The van der Waals surface area contributed by atoms with Crippen molar-refractivity contribution in [3.8, 4) is 0 Å². The van der Waals surface area contributed by atoms with Gasteiger partial charge in [0.15, 0.2) is 9.84 Å². The molecule has 116 valence electrons. The second-order valence-corrected chi connectivity index (χ2v) is 7.67. The SMILES string of the molecule is Cc1cc(C)cc(NC(=O)c2cc(S(C)(=O)=O)ccc2Cl)c1. The standard InChI is InChI=1S/C16H16ClNO3S/c1-10-6-11(2)8-12(7-10)18-16(19)14-9-13(22(3,20)21)4-5-15(14)17/h4-9H,1-3H3,(H,18,19). The molecule has 0 fully saturated rings. The number of benzene rings is 2. The number of aryl methyl sites for hydroxylation is 2. The Kier molecular flexibility index (Phi) is 4.58. The van der Waals surface area contributed by atoms with Gasteiger partial charge in [0.25, 0.3) is 5.91 Å². The molecule has 0 aliphatic heterocycles. The number of hydrogen-bond donors (Lipinski definition) is 1. The summed E-state index contributed by atoms with van der Waals surface area (Å²) >= 11 is 6.01. The van der Waals surface area contributed by atoms with Crippen LogP contribution in [0.4, 0.5) is 5.69 Å². The molecule has 0 bridgehead atoms. The lowest BCUT2D eigenvalue weighted by molar-refractivity contribution is 0.102. The number of hydrogen-bond acceptors (Lipinski definition) is 3. The zero-order chi connectivity index (χ0) is 16.5. The topological polar surface area (TPSA) is 63.2 Å². The summed E-state index contributed by atoms with van der Waals surface area (Å²) < 4.78 is 23.2. The van der Waals surface area contributed by atoms with E-state index >= 15 is 0 Å². The quantitative estimate of drug-likeness (QED) is 0.930. The molecule has 0 aliphatic carbocycles. The number of carbonyl (C=O) groups is 1. The third-order valence-electron chi connectivity index (χ3n) is 3.09. The number of rotatable bonds is 3. The molecule has 6 heteroatoms. The molecule has 0 radical (unpaired) electrons. The zero-order valence-electron chi connectivity index (χ0n) is 12.5. The Bertz CT molecular complexity index is 824. The molecule has 2 rings (SSSR count). The van der Waals surface area contributed by atoms with Gasteiger partial charge in [-0.2, -0.15) is 0 Å². The van der Waals surface area contributed by atoms with Gasteiger partial charge in [-0.05, 0) is 55.3 Å². The Morgan fingerprint density at radius 2 is 1.64 bits per heavy atom. The number of nitrogens with one attached hydrogen (secondary N) is 1. The average Bonchev–Trinajstić information content (AvgIpc) is 2.36. The van der Waals surface area contributed by atoms with E-state index in [1.165, 1.54) is 18.2 Å². The second-order valence-electron chi connectivity index (χ2n) is 5.24. The van der Waals surface area contributed by atoms with E-state index in [1.807, 2.05) is 32.0 Å². The maximum atomic E-state index is 12.3. The molecule has 0 atom stereocenters. The lowest BCUT2D eigenvalue weighted by Crippen LogP contribution is -2.13. The van der Waals surface area contributed by atoms with Crippen LogP contribution in [0.5, 0.6) is 0 Å². The Morgan fingerprint density at radius 1 is 1.05 bits per heavy atom. The van der Waals surface area contributed by atoms with Gasteiger partial charge in [0.05, 0.1) is 15.5 Å². The van der Waals surface area contributed by atoms with Crippen LogP contribution >= 0.6 is 11.6 Å². The predicted molar refractivity (Wildman–Crippen MR) is 88.4 cm³/mol. The van der Waals surface area contributed by atoms with E-state index in [0.717, 1.165) is 17.4 Å². The predicted octanol–water partition coefficient (Wildman–Crippen LogP) is 3.61. The van der Waals surface area contributed by atoms with Gasteiger partial charge >= 0.3 is 0 Å². The Balaban J connectivity index is 2.37. The first-order valence-electron chi connectivity index (χ1n) is 6.56. The van der Waals surface area contributed by atoms with Gasteiger partial charge in [-0.15, -0.1) is 0 Å². The lowest BCUT2D eigenvalue weighted by Gasteiger charge is -2.10. The van der Waals surface area contributed by atoms with E-state index in [-0.39, 0.29) is 15.5 Å². The second kappa shape index (κ2) is 6.10. The highest BCUT2D eigenvalue weighted by atomic mass is 35.5. The van der Waals surface area contributed by atoms with E-state index < -0.39 is 15.7 Å². The van der Waals surface area contributed by atoms with Crippen molar-refractivity contribution in [2.24, 2.45) is 0 Å². The Morgan fingerprint density at radius 3 is 2.18 bits per heavy atom. The van der Waals surface area contributed by atoms with Crippen molar-refractivity contribution in [3.05, 3.63) is 58.1 Å². The molecule has 0 spiro atoms. The minimum atomic E-state index is -3.40. The van der Waals surface area contributed by atoms with Crippen molar-refractivity contribution in [3.63, 3.8) is 0 Å². The van der Waals surface area contributed by atoms with Crippen molar-refractivity contribution in [2.45, 2.75) is 18.7 Å². The maximum absolute atomic E-state index is 12.3. The fourth-order valence-electron chi connectivity index (χ4n) is 2.15. The van der Waals surface area contributed by atoms with E-state index in [0.29, 0.717) is 5.69 Å². The van der Waals surface area contributed by atoms with E-state index in [9.17, 15) is 13.2 Å². The van der Waals surface area contributed by atoms with Gasteiger partial charge < -0.3 is 5.32 Å². The van der Waals surface area contributed by atoms with Crippen molar-refractivity contribution >= 4 is 33.0 Å². The minimum Gasteiger partial charge on any atom is -0.322 e. The highest BCUT2D eigenvalue weighted by Gasteiger charge is 2.15. The molecule has 0 unspecified atom stereocenters. The van der Waals surface area contributed by atoms with Crippen molar-refractivity contribution in [1.82, 2.24) is 0 Å². The van der Waals surface area contributed by atoms with Crippen molar-refractivity contribution in [1.29, 1.82) is 0 Å². The summed E-state index contributed by atoms with van der Waals surface area (Å²) in [6.07, 6.45) is 1.09. The zero-order valence-corrected chi connectivity index (χ0v) is 14.0. The highest BCUT2D eigenvalue weighted by Crippen LogP contribution is 2.22. The van der Waals surface area contributed by atoms with Crippen LogP contribution in [0.2, 0.25) is 5.02 Å². The van der Waals surface area contributed by atoms with Gasteiger partial charge in [-0.3, -0.25) is 4.79 Å². The van der Waals surface area contributed by atoms with Crippen LogP contribution in [0, 0.1) is 13.8 Å². The van der Waals surface area contributed by atoms with Crippen LogP contribution in [0.3, 0.4) is 0 Å². The van der Waals surface area contributed by atoms with Gasteiger partial charge in [-0.25, -0.2) is 8.42 Å². The van der Waals surface area contributed by atoms with Crippen LogP contribution in [0.15, 0.2) is 41.3 Å². The van der Waals surface area contributed by atoms with Gasteiger partial charge in [0.2, 0.25) is 0 Å². The monoisotopic (exact) mass is 337 g/mol. The van der Waals surface area contributed by atoms with Crippen LogP contribution in [0.1, 0.15) is 21.5 Å². The number of amides is 1. The maximum Gasteiger partial charge on any atom is 0.257 e. The molecule has 1 N–H and O–H groups in total. The third-order valence-corrected chi connectivity index (χ3v) is 4.53. The smallest absolute Gasteiger partial charge is 0.257 e. The first kappa shape index (κ1) is 16.5. The summed E-state index contributed by atoms with van der Waals surface area (Å²) in [7, 11) is -3.40. The van der Waals surface area contributed by atoms with Gasteiger partial charge in [-0.1, -0.05) is 17.7 Å². The summed E-state index contributed by atoms with van der Waals surface area (Å²) in [6, 6.07) is 9.74. The molecular formula is C16H16ClNO3S. The van der Waals surface area contributed by atoms with E-state index in [4.69, 9.17) is 11.6 Å². The van der Waals surface area contributed by atoms with Crippen molar-refractivity contribution in [2.75, 3.05) is 11.6 Å². The van der Waals surface area contributed by atoms with E-state index in [2.05, 4.69) is 5.32 Å². The normalized spacial score (nSPS) is 11.3. The molecule has 0 heterocycles. The molecule has 0 saturated heterocycles.